The molecule has 1 N–H and O–H groups in total. The fourth-order valence-electron chi connectivity index (χ4n) is 2.20. The van der Waals surface area contributed by atoms with Crippen LogP contribution >= 0.6 is 0 Å². The zero-order valence-corrected chi connectivity index (χ0v) is 9.28. The van der Waals surface area contributed by atoms with Gasteiger partial charge in [0.05, 0.1) is 0 Å². The number of fused-ring (bicyclic) bond motifs is 1. The third-order valence-corrected chi connectivity index (χ3v) is 3.26. The number of aliphatic hydroxyl groups is 1. The summed E-state index contributed by atoms with van der Waals surface area (Å²) in [6, 6.07) is 6.05. The van der Waals surface area contributed by atoms with Gasteiger partial charge in [-0.15, -0.1) is 0 Å². The molecule has 0 spiro atoms. The molecule has 0 saturated carbocycles. The number of hydrogen-bond acceptors (Lipinski definition) is 3. The van der Waals surface area contributed by atoms with Gasteiger partial charge in [0.15, 0.2) is 0 Å². The predicted molar refractivity (Wildman–Crippen MR) is 60.1 cm³/mol. The van der Waals surface area contributed by atoms with Crippen LogP contribution in [0.2, 0.25) is 0 Å². The van der Waals surface area contributed by atoms with E-state index in [1.807, 2.05) is 0 Å². The molecule has 4 heteroatoms. The van der Waals surface area contributed by atoms with Crippen molar-refractivity contribution in [1.29, 1.82) is 0 Å². The average Bonchev–Trinajstić information content (AvgIpc) is 2.73. The molecule has 3 rings (SSSR count). The molecule has 1 aliphatic rings. The number of hydrogen-bond donors (Lipinski definition) is 1. The first-order valence-corrected chi connectivity index (χ1v) is 5.67. The van der Waals surface area contributed by atoms with Crippen LogP contribution in [0.15, 0.2) is 28.7 Å². The number of halogens is 1. The summed E-state index contributed by atoms with van der Waals surface area (Å²) in [5.74, 6) is 0.199. The first kappa shape index (κ1) is 10.7. The molecule has 2 aromatic rings. The second-order valence-electron chi connectivity index (χ2n) is 4.44. The Kier molecular flexibility index (Phi) is 2.42. The summed E-state index contributed by atoms with van der Waals surface area (Å²) < 4.78 is 23.9. The maximum atomic E-state index is 13.1. The van der Waals surface area contributed by atoms with Gasteiger partial charge in [0.2, 0.25) is 0 Å². The van der Waals surface area contributed by atoms with Gasteiger partial charge in [0, 0.05) is 31.4 Å². The van der Waals surface area contributed by atoms with E-state index in [0.717, 1.165) is 0 Å². The first-order chi connectivity index (χ1) is 8.17. The molecular formula is C13H13FO3. The molecular weight excluding hydrogens is 223 g/mol. The van der Waals surface area contributed by atoms with Gasteiger partial charge >= 0.3 is 0 Å². The molecule has 90 valence electrons. The van der Waals surface area contributed by atoms with Crippen molar-refractivity contribution in [3.63, 3.8) is 0 Å². The van der Waals surface area contributed by atoms with Crippen molar-refractivity contribution in [1.82, 2.24) is 0 Å². The summed E-state index contributed by atoms with van der Waals surface area (Å²) in [5.41, 5.74) is -0.380. The van der Waals surface area contributed by atoms with Gasteiger partial charge in [-0.3, -0.25) is 0 Å². The minimum absolute atomic E-state index is 0.302. The van der Waals surface area contributed by atoms with Gasteiger partial charge in [-0.2, -0.15) is 0 Å². The van der Waals surface area contributed by atoms with Crippen LogP contribution in [0, 0.1) is 5.82 Å². The van der Waals surface area contributed by atoms with E-state index < -0.39 is 5.60 Å². The van der Waals surface area contributed by atoms with Gasteiger partial charge in [-0.25, -0.2) is 4.39 Å². The largest absolute Gasteiger partial charge is 0.458 e. The number of benzene rings is 1. The predicted octanol–water partition coefficient (Wildman–Crippen LogP) is 2.57. The minimum atomic E-state index is -0.978. The van der Waals surface area contributed by atoms with Crippen LogP contribution in [0.1, 0.15) is 18.6 Å². The lowest BCUT2D eigenvalue weighted by molar-refractivity contribution is -0.0793. The molecule has 2 heterocycles. The van der Waals surface area contributed by atoms with Crippen molar-refractivity contribution in [2.45, 2.75) is 18.4 Å². The Morgan fingerprint density at radius 2 is 1.94 bits per heavy atom. The van der Waals surface area contributed by atoms with Crippen molar-refractivity contribution < 1.29 is 18.7 Å². The van der Waals surface area contributed by atoms with E-state index in [1.165, 1.54) is 12.1 Å². The lowest BCUT2D eigenvalue weighted by Crippen LogP contribution is -2.32. The smallest absolute Gasteiger partial charge is 0.137 e. The third-order valence-electron chi connectivity index (χ3n) is 3.26. The second-order valence-corrected chi connectivity index (χ2v) is 4.44. The lowest BCUT2D eigenvalue weighted by atomic mass is 9.91. The van der Waals surface area contributed by atoms with Crippen LogP contribution in [-0.4, -0.2) is 18.3 Å². The molecule has 1 aromatic carbocycles. The highest BCUT2D eigenvalue weighted by Crippen LogP contribution is 2.35. The molecule has 1 aliphatic heterocycles. The monoisotopic (exact) mass is 236 g/mol. The molecule has 0 amide bonds. The summed E-state index contributed by atoms with van der Waals surface area (Å²) in [7, 11) is 0. The zero-order valence-electron chi connectivity index (χ0n) is 9.28. The fourth-order valence-corrected chi connectivity index (χ4v) is 2.20. The summed E-state index contributed by atoms with van der Waals surface area (Å²) in [6.07, 6.45) is 1.02. The standard InChI is InChI=1S/C13H13FO3/c14-10-1-2-11-9(7-10)8-12(17-11)13(15)3-5-16-6-4-13/h1-2,7-8,15H,3-6H2. The molecule has 0 bridgehead atoms. The third kappa shape index (κ3) is 1.83. The lowest BCUT2D eigenvalue weighted by Gasteiger charge is -2.29. The van der Waals surface area contributed by atoms with Crippen LogP contribution < -0.4 is 0 Å². The molecule has 1 fully saturated rings. The first-order valence-electron chi connectivity index (χ1n) is 5.67. The van der Waals surface area contributed by atoms with Crippen molar-refractivity contribution >= 4 is 11.0 Å². The molecule has 0 aliphatic carbocycles. The summed E-state index contributed by atoms with van der Waals surface area (Å²) in [6.45, 7) is 1.03. The molecule has 1 aromatic heterocycles. The topological polar surface area (TPSA) is 42.6 Å². The molecule has 17 heavy (non-hydrogen) atoms. The van der Waals surface area contributed by atoms with Gasteiger partial charge in [-0.1, -0.05) is 0 Å². The van der Waals surface area contributed by atoms with E-state index in [4.69, 9.17) is 9.15 Å². The highest BCUT2D eigenvalue weighted by atomic mass is 19.1. The molecule has 0 atom stereocenters. The van der Waals surface area contributed by atoms with Crippen LogP contribution in [0.3, 0.4) is 0 Å². The van der Waals surface area contributed by atoms with Crippen LogP contribution in [0.5, 0.6) is 0 Å². The number of ether oxygens (including phenoxy) is 1. The van der Waals surface area contributed by atoms with E-state index in [9.17, 15) is 9.50 Å². The van der Waals surface area contributed by atoms with E-state index in [1.54, 1.807) is 12.1 Å². The van der Waals surface area contributed by atoms with Crippen LogP contribution in [0.4, 0.5) is 4.39 Å². The summed E-state index contributed by atoms with van der Waals surface area (Å²) >= 11 is 0. The Hall–Kier alpha value is -1.39. The van der Waals surface area contributed by atoms with Crippen molar-refractivity contribution in [3.05, 3.63) is 35.8 Å². The van der Waals surface area contributed by atoms with Crippen molar-refractivity contribution in [2.24, 2.45) is 0 Å². The Morgan fingerprint density at radius 3 is 2.71 bits per heavy atom. The zero-order chi connectivity index (χ0) is 11.9. The quantitative estimate of drug-likeness (QED) is 0.827. The summed E-state index contributed by atoms with van der Waals surface area (Å²) in [5, 5.41) is 11.1. The van der Waals surface area contributed by atoms with E-state index >= 15 is 0 Å². The second kappa shape index (κ2) is 3.82. The van der Waals surface area contributed by atoms with Crippen molar-refractivity contribution in [2.75, 3.05) is 13.2 Å². The Morgan fingerprint density at radius 1 is 1.18 bits per heavy atom. The number of furan rings is 1. The normalized spacial score (nSPS) is 19.6. The summed E-state index contributed by atoms with van der Waals surface area (Å²) in [4.78, 5) is 0. The Balaban J connectivity index is 2.05. The van der Waals surface area contributed by atoms with E-state index in [-0.39, 0.29) is 5.82 Å². The minimum Gasteiger partial charge on any atom is -0.458 e. The number of rotatable bonds is 1. The van der Waals surface area contributed by atoms with Crippen molar-refractivity contribution in [3.8, 4) is 0 Å². The molecule has 0 unspecified atom stereocenters. The van der Waals surface area contributed by atoms with Gasteiger partial charge in [-0.05, 0) is 24.3 Å². The Bertz CT molecular complexity index is 541. The van der Waals surface area contributed by atoms with Gasteiger partial charge in [0.1, 0.15) is 22.8 Å². The Labute approximate surface area is 97.8 Å². The van der Waals surface area contributed by atoms with E-state index in [2.05, 4.69) is 0 Å². The van der Waals surface area contributed by atoms with E-state index in [0.29, 0.717) is 42.8 Å². The molecule has 3 nitrogen and oxygen atoms in total. The fraction of sp³-hybridized carbons (Fsp3) is 0.385. The maximum Gasteiger partial charge on any atom is 0.137 e. The van der Waals surface area contributed by atoms with Crippen LogP contribution in [0.25, 0.3) is 11.0 Å². The van der Waals surface area contributed by atoms with Gasteiger partial charge in [0.25, 0.3) is 0 Å². The highest BCUT2D eigenvalue weighted by molar-refractivity contribution is 5.78. The molecule has 0 radical (unpaired) electrons. The van der Waals surface area contributed by atoms with Crippen LogP contribution in [-0.2, 0) is 10.3 Å². The highest BCUT2D eigenvalue weighted by Gasteiger charge is 2.35. The van der Waals surface area contributed by atoms with Gasteiger partial charge < -0.3 is 14.3 Å². The average molecular weight is 236 g/mol. The maximum absolute atomic E-state index is 13.1. The SMILES string of the molecule is OC1(c2cc3cc(F)ccc3o2)CCOCC1. The molecule has 1 saturated heterocycles.